The second kappa shape index (κ2) is 7.59. The van der Waals surface area contributed by atoms with Gasteiger partial charge in [-0.05, 0) is 44.0 Å². The third-order valence-corrected chi connectivity index (χ3v) is 2.62. The summed E-state index contributed by atoms with van der Waals surface area (Å²) < 4.78 is 10.1. The number of ether oxygens (including phenoxy) is 2. The third-order valence-electron chi connectivity index (χ3n) is 2.62. The van der Waals surface area contributed by atoms with Gasteiger partial charge in [0.05, 0.1) is 7.11 Å². The predicted molar refractivity (Wildman–Crippen MR) is 75.1 cm³/mol. The highest BCUT2D eigenvalue weighted by Gasteiger charge is 2.13. The highest BCUT2D eigenvalue weighted by molar-refractivity contribution is 5.75. The summed E-state index contributed by atoms with van der Waals surface area (Å²) in [6, 6.07) is 6.93. The molecule has 0 amide bonds. The summed E-state index contributed by atoms with van der Waals surface area (Å²) in [7, 11) is 1.34. The fourth-order valence-corrected chi connectivity index (χ4v) is 1.51. The predicted octanol–water partition coefficient (Wildman–Crippen LogP) is 2.07. The molecule has 0 radical (unpaired) electrons. The molecule has 0 spiro atoms. The average molecular weight is 263 g/mol. The van der Waals surface area contributed by atoms with Crippen LogP contribution in [-0.4, -0.2) is 25.7 Å². The van der Waals surface area contributed by atoms with Gasteiger partial charge in [0.1, 0.15) is 18.4 Å². The molecule has 4 heteroatoms. The molecule has 1 aromatic rings. The van der Waals surface area contributed by atoms with Crippen molar-refractivity contribution in [3.63, 3.8) is 0 Å². The van der Waals surface area contributed by atoms with Gasteiger partial charge in [0, 0.05) is 0 Å². The van der Waals surface area contributed by atoms with E-state index in [2.05, 4.69) is 4.74 Å². The van der Waals surface area contributed by atoms with E-state index < -0.39 is 12.0 Å². The topological polar surface area (TPSA) is 61.5 Å². The number of esters is 1. The molecule has 0 bridgehead atoms. The lowest BCUT2D eigenvalue weighted by atomic mass is 10.1. The van der Waals surface area contributed by atoms with Gasteiger partial charge in [-0.25, -0.2) is 0 Å². The zero-order valence-corrected chi connectivity index (χ0v) is 11.7. The molecule has 1 atom stereocenters. The standard InChI is InChI=1S/C15H21NO3/c1-11(2)8-9-19-13-6-4-12(5-7-13)10-14(16)15(17)18-3/h4-8,14H,9-10,16H2,1-3H3. The van der Waals surface area contributed by atoms with Crippen LogP contribution in [-0.2, 0) is 16.0 Å². The van der Waals surface area contributed by atoms with E-state index >= 15 is 0 Å². The molecule has 0 aromatic heterocycles. The number of benzene rings is 1. The Balaban J connectivity index is 2.52. The lowest BCUT2D eigenvalue weighted by molar-refractivity contribution is -0.142. The third kappa shape index (κ3) is 5.57. The first-order chi connectivity index (χ1) is 9.02. The number of carbonyl (C=O) groups is 1. The summed E-state index contributed by atoms with van der Waals surface area (Å²) in [5, 5.41) is 0. The van der Waals surface area contributed by atoms with Gasteiger partial charge in [0.2, 0.25) is 0 Å². The average Bonchev–Trinajstić information content (AvgIpc) is 2.39. The van der Waals surface area contributed by atoms with Gasteiger partial charge in [0.15, 0.2) is 0 Å². The molecule has 0 heterocycles. The Bertz CT molecular complexity index is 433. The van der Waals surface area contributed by atoms with Crippen molar-refractivity contribution in [2.75, 3.05) is 13.7 Å². The van der Waals surface area contributed by atoms with Crippen LogP contribution in [0.1, 0.15) is 19.4 Å². The van der Waals surface area contributed by atoms with Gasteiger partial charge in [-0.1, -0.05) is 17.7 Å². The van der Waals surface area contributed by atoms with Crippen molar-refractivity contribution in [3.05, 3.63) is 41.5 Å². The highest BCUT2D eigenvalue weighted by atomic mass is 16.5. The van der Waals surface area contributed by atoms with Gasteiger partial charge in [-0.15, -0.1) is 0 Å². The van der Waals surface area contributed by atoms with Crippen molar-refractivity contribution < 1.29 is 14.3 Å². The second-order valence-electron chi connectivity index (χ2n) is 4.57. The molecule has 1 unspecified atom stereocenters. The summed E-state index contributed by atoms with van der Waals surface area (Å²) in [5.41, 5.74) is 7.90. The lowest BCUT2D eigenvalue weighted by Gasteiger charge is -2.10. The molecule has 19 heavy (non-hydrogen) atoms. The SMILES string of the molecule is COC(=O)C(N)Cc1ccc(OCC=C(C)C)cc1. The van der Waals surface area contributed by atoms with Crippen LogP contribution in [0, 0.1) is 0 Å². The number of hydrogen-bond donors (Lipinski definition) is 1. The lowest BCUT2D eigenvalue weighted by Crippen LogP contribution is -2.33. The van der Waals surface area contributed by atoms with E-state index in [1.54, 1.807) is 0 Å². The number of nitrogens with two attached hydrogens (primary N) is 1. The van der Waals surface area contributed by atoms with E-state index in [9.17, 15) is 4.79 Å². The Kier molecular flexibility index (Phi) is 6.09. The number of methoxy groups -OCH3 is 1. The van der Waals surface area contributed by atoms with Crippen molar-refractivity contribution in [1.29, 1.82) is 0 Å². The zero-order chi connectivity index (χ0) is 14.3. The molecule has 0 saturated heterocycles. The molecule has 0 fully saturated rings. The molecule has 0 saturated carbocycles. The summed E-state index contributed by atoms with van der Waals surface area (Å²) in [6.07, 6.45) is 2.47. The molecule has 0 aliphatic heterocycles. The molecule has 2 N–H and O–H groups in total. The van der Waals surface area contributed by atoms with Gasteiger partial charge in [0.25, 0.3) is 0 Å². The zero-order valence-electron chi connectivity index (χ0n) is 11.7. The molecule has 0 aliphatic rings. The number of allylic oxidation sites excluding steroid dienone is 1. The first-order valence-corrected chi connectivity index (χ1v) is 6.21. The molecular weight excluding hydrogens is 242 g/mol. The minimum atomic E-state index is -0.623. The smallest absolute Gasteiger partial charge is 0.322 e. The number of hydrogen-bond acceptors (Lipinski definition) is 4. The van der Waals surface area contributed by atoms with Gasteiger partial charge >= 0.3 is 5.97 Å². The molecule has 1 rings (SSSR count). The highest BCUT2D eigenvalue weighted by Crippen LogP contribution is 2.13. The molecule has 104 valence electrons. The summed E-state index contributed by atoms with van der Waals surface area (Å²) in [4.78, 5) is 11.2. The maximum Gasteiger partial charge on any atom is 0.322 e. The van der Waals surface area contributed by atoms with Crippen LogP contribution in [0.2, 0.25) is 0 Å². The van der Waals surface area contributed by atoms with Crippen LogP contribution in [0.25, 0.3) is 0 Å². The van der Waals surface area contributed by atoms with Crippen molar-refractivity contribution in [2.45, 2.75) is 26.3 Å². The maximum absolute atomic E-state index is 11.2. The van der Waals surface area contributed by atoms with Crippen molar-refractivity contribution in [1.82, 2.24) is 0 Å². The fraction of sp³-hybridized carbons (Fsp3) is 0.400. The summed E-state index contributed by atoms with van der Waals surface area (Å²) >= 11 is 0. The van der Waals surface area contributed by atoms with E-state index in [1.807, 2.05) is 44.2 Å². The van der Waals surface area contributed by atoms with Gasteiger partial charge < -0.3 is 15.2 Å². The molecule has 1 aromatic carbocycles. The minimum Gasteiger partial charge on any atom is -0.490 e. The van der Waals surface area contributed by atoms with Gasteiger partial charge in [-0.3, -0.25) is 4.79 Å². The normalized spacial score (nSPS) is 11.6. The quantitative estimate of drug-likeness (QED) is 0.630. The van der Waals surface area contributed by atoms with Gasteiger partial charge in [-0.2, -0.15) is 0 Å². The van der Waals surface area contributed by atoms with Crippen LogP contribution in [0.4, 0.5) is 0 Å². The summed E-state index contributed by atoms with van der Waals surface area (Å²) in [5.74, 6) is 0.400. The van der Waals surface area contributed by atoms with Crippen LogP contribution in [0.15, 0.2) is 35.9 Å². The molecular formula is C15H21NO3. The number of rotatable bonds is 6. The Morgan fingerprint density at radius 1 is 1.32 bits per heavy atom. The van der Waals surface area contributed by atoms with Crippen molar-refractivity contribution in [2.24, 2.45) is 5.73 Å². The van der Waals surface area contributed by atoms with Crippen molar-refractivity contribution >= 4 is 5.97 Å². The number of carbonyl (C=O) groups excluding carboxylic acids is 1. The Hall–Kier alpha value is -1.81. The van der Waals surface area contributed by atoms with E-state index in [4.69, 9.17) is 10.5 Å². The molecule has 0 aliphatic carbocycles. The minimum absolute atomic E-state index is 0.399. The second-order valence-corrected chi connectivity index (χ2v) is 4.57. The largest absolute Gasteiger partial charge is 0.490 e. The van der Waals surface area contributed by atoms with Crippen LogP contribution >= 0.6 is 0 Å². The first-order valence-electron chi connectivity index (χ1n) is 6.21. The van der Waals surface area contributed by atoms with E-state index in [0.29, 0.717) is 13.0 Å². The monoisotopic (exact) mass is 263 g/mol. The maximum atomic E-state index is 11.2. The first kappa shape index (κ1) is 15.2. The summed E-state index contributed by atoms with van der Waals surface area (Å²) in [6.45, 7) is 4.62. The Morgan fingerprint density at radius 2 is 1.95 bits per heavy atom. The van der Waals surface area contributed by atoms with E-state index in [-0.39, 0.29) is 0 Å². The van der Waals surface area contributed by atoms with Crippen LogP contribution in [0.5, 0.6) is 5.75 Å². The fourth-order valence-electron chi connectivity index (χ4n) is 1.51. The Labute approximate surface area is 114 Å². The van der Waals surface area contributed by atoms with Crippen molar-refractivity contribution in [3.8, 4) is 5.75 Å². The Morgan fingerprint density at radius 3 is 2.47 bits per heavy atom. The van der Waals surface area contributed by atoms with Crippen LogP contribution < -0.4 is 10.5 Å². The van der Waals surface area contributed by atoms with E-state index in [1.165, 1.54) is 12.7 Å². The molecule has 4 nitrogen and oxygen atoms in total. The van der Waals surface area contributed by atoms with E-state index in [0.717, 1.165) is 11.3 Å². The van der Waals surface area contributed by atoms with Crippen LogP contribution in [0.3, 0.4) is 0 Å².